The SMILES string of the molecule is Cc1ccc(C(C)NCc2cc(Cl)cc(Cl)c2)cc1. The van der Waals surface area contributed by atoms with Crippen LogP contribution in [0.4, 0.5) is 0 Å². The van der Waals surface area contributed by atoms with Crippen molar-refractivity contribution < 1.29 is 0 Å². The monoisotopic (exact) mass is 293 g/mol. The summed E-state index contributed by atoms with van der Waals surface area (Å²) in [6.45, 7) is 4.99. The fourth-order valence-electron chi connectivity index (χ4n) is 1.96. The van der Waals surface area contributed by atoms with Crippen LogP contribution < -0.4 is 5.32 Å². The molecule has 1 N–H and O–H groups in total. The van der Waals surface area contributed by atoms with E-state index in [0.717, 1.165) is 12.1 Å². The highest BCUT2D eigenvalue weighted by molar-refractivity contribution is 6.34. The molecule has 0 aliphatic heterocycles. The van der Waals surface area contributed by atoms with E-state index >= 15 is 0 Å². The highest BCUT2D eigenvalue weighted by Gasteiger charge is 2.05. The molecule has 0 spiro atoms. The van der Waals surface area contributed by atoms with Gasteiger partial charge in [0.2, 0.25) is 0 Å². The van der Waals surface area contributed by atoms with Crippen molar-refractivity contribution in [2.75, 3.05) is 0 Å². The molecule has 0 radical (unpaired) electrons. The molecule has 0 aromatic heterocycles. The first kappa shape index (κ1) is 14.4. The van der Waals surface area contributed by atoms with Crippen LogP contribution in [0.2, 0.25) is 10.0 Å². The number of benzene rings is 2. The molecule has 0 saturated carbocycles. The second-order valence-corrected chi connectivity index (χ2v) is 5.66. The van der Waals surface area contributed by atoms with E-state index in [9.17, 15) is 0 Å². The average Bonchev–Trinajstić information content (AvgIpc) is 2.36. The summed E-state index contributed by atoms with van der Waals surface area (Å²) in [5.74, 6) is 0. The van der Waals surface area contributed by atoms with Crippen molar-refractivity contribution in [3.8, 4) is 0 Å². The molecule has 0 amide bonds. The predicted octanol–water partition coefficient (Wildman–Crippen LogP) is 5.15. The third-order valence-corrected chi connectivity index (χ3v) is 3.55. The zero-order chi connectivity index (χ0) is 13.8. The number of rotatable bonds is 4. The molecular weight excluding hydrogens is 277 g/mol. The Hall–Kier alpha value is -1.02. The maximum atomic E-state index is 5.99. The largest absolute Gasteiger partial charge is 0.306 e. The van der Waals surface area contributed by atoms with Crippen LogP contribution in [-0.4, -0.2) is 0 Å². The molecule has 0 aliphatic rings. The van der Waals surface area contributed by atoms with Gasteiger partial charge in [0.15, 0.2) is 0 Å². The molecular formula is C16H17Cl2N. The van der Waals surface area contributed by atoms with Crippen LogP contribution in [-0.2, 0) is 6.54 Å². The zero-order valence-corrected chi connectivity index (χ0v) is 12.6. The Labute approximate surface area is 124 Å². The molecule has 0 fully saturated rings. The summed E-state index contributed by atoms with van der Waals surface area (Å²) >= 11 is 12.0. The van der Waals surface area contributed by atoms with E-state index in [4.69, 9.17) is 23.2 Å². The number of hydrogen-bond donors (Lipinski definition) is 1. The first-order valence-corrected chi connectivity index (χ1v) is 7.05. The van der Waals surface area contributed by atoms with Gasteiger partial charge in [0.05, 0.1) is 0 Å². The smallest absolute Gasteiger partial charge is 0.0424 e. The molecule has 0 heterocycles. The van der Waals surface area contributed by atoms with Crippen LogP contribution in [0.1, 0.15) is 29.7 Å². The second kappa shape index (κ2) is 6.42. The van der Waals surface area contributed by atoms with Gasteiger partial charge in [0, 0.05) is 22.6 Å². The van der Waals surface area contributed by atoms with Crippen LogP contribution in [0.15, 0.2) is 42.5 Å². The quantitative estimate of drug-likeness (QED) is 0.822. The van der Waals surface area contributed by atoms with Crippen LogP contribution >= 0.6 is 23.2 Å². The molecule has 0 bridgehead atoms. The lowest BCUT2D eigenvalue weighted by molar-refractivity contribution is 0.574. The summed E-state index contributed by atoms with van der Waals surface area (Å²) < 4.78 is 0. The van der Waals surface area contributed by atoms with Crippen molar-refractivity contribution in [2.45, 2.75) is 26.4 Å². The molecule has 1 nitrogen and oxygen atoms in total. The Morgan fingerprint density at radius 3 is 2.16 bits per heavy atom. The van der Waals surface area contributed by atoms with Crippen LogP contribution in [0.25, 0.3) is 0 Å². The Morgan fingerprint density at radius 1 is 1.00 bits per heavy atom. The van der Waals surface area contributed by atoms with Gasteiger partial charge in [-0.05, 0) is 43.2 Å². The fraction of sp³-hybridized carbons (Fsp3) is 0.250. The van der Waals surface area contributed by atoms with Crippen molar-refractivity contribution in [1.29, 1.82) is 0 Å². The first-order valence-electron chi connectivity index (χ1n) is 6.29. The van der Waals surface area contributed by atoms with Gasteiger partial charge in [-0.1, -0.05) is 53.0 Å². The van der Waals surface area contributed by atoms with Gasteiger partial charge in [-0.3, -0.25) is 0 Å². The first-order chi connectivity index (χ1) is 9.04. The Bertz CT molecular complexity index is 529. The van der Waals surface area contributed by atoms with Gasteiger partial charge >= 0.3 is 0 Å². The van der Waals surface area contributed by atoms with E-state index in [1.807, 2.05) is 12.1 Å². The number of aryl methyl sites for hydroxylation is 1. The molecule has 1 atom stereocenters. The third kappa shape index (κ3) is 4.24. The predicted molar refractivity (Wildman–Crippen MR) is 82.9 cm³/mol. The Morgan fingerprint density at radius 2 is 1.58 bits per heavy atom. The minimum absolute atomic E-state index is 0.290. The van der Waals surface area contributed by atoms with Gasteiger partial charge in [-0.2, -0.15) is 0 Å². The van der Waals surface area contributed by atoms with Gasteiger partial charge in [0.1, 0.15) is 0 Å². The summed E-state index contributed by atoms with van der Waals surface area (Å²) in [5.41, 5.74) is 3.65. The van der Waals surface area contributed by atoms with Crippen molar-refractivity contribution in [3.05, 3.63) is 69.2 Å². The molecule has 2 aromatic rings. The van der Waals surface area contributed by atoms with Crippen molar-refractivity contribution in [1.82, 2.24) is 5.32 Å². The summed E-state index contributed by atoms with van der Waals surface area (Å²) in [6, 6.07) is 14.5. The topological polar surface area (TPSA) is 12.0 Å². The molecule has 19 heavy (non-hydrogen) atoms. The van der Waals surface area contributed by atoms with Crippen molar-refractivity contribution >= 4 is 23.2 Å². The van der Waals surface area contributed by atoms with Gasteiger partial charge < -0.3 is 5.32 Å². The normalized spacial score (nSPS) is 12.4. The lowest BCUT2D eigenvalue weighted by atomic mass is 10.1. The minimum Gasteiger partial charge on any atom is -0.306 e. The lowest BCUT2D eigenvalue weighted by Gasteiger charge is -2.15. The number of hydrogen-bond acceptors (Lipinski definition) is 1. The van der Waals surface area contributed by atoms with Crippen LogP contribution in [0, 0.1) is 6.92 Å². The van der Waals surface area contributed by atoms with Crippen LogP contribution in [0.3, 0.4) is 0 Å². The maximum Gasteiger partial charge on any atom is 0.0424 e. The van der Waals surface area contributed by atoms with E-state index in [1.54, 1.807) is 6.07 Å². The van der Waals surface area contributed by atoms with E-state index < -0.39 is 0 Å². The zero-order valence-electron chi connectivity index (χ0n) is 11.1. The van der Waals surface area contributed by atoms with Gasteiger partial charge in [-0.15, -0.1) is 0 Å². The van der Waals surface area contributed by atoms with E-state index in [0.29, 0.717) is 16.1 Å². The second-order valence-electron chi connectivity index (χ2n) is 4.79. The molecule has 1 unspecified atom stereocenters. The van der Waals surface area contributed by atoms with Crippen LogP contribution in [0.5, 0.6) is 0 Å². The Balaban J connectivity index is 1.99. The van der Waals surface area contributed by atoms with E-state index in [-0.39, 0.29) is 0 Å². The maximum absolute atomic E-state index is 5.99. The summed E-state index contributed by atoms with van der Waals surface area (Å²) in [4.78, 5) is 0. The summed E-state index contributed by atoms with van der Waals surface area (Å²) in [7, 11) is 0. The average molecular weight is 294 g/mol. The van der Waals surface area contributed by atoms with Gasteiger partial charge in [-0.25, -0.2) is 0 Å². The summed E-state index contributed by atoms with van der Waals surface area (Å²) in [5, 5.41) is 4.82. The number of nitrogens with one attached hydrogen (secondary N) is 1. The molecule has 2 aromatic carbocycles. The molecule has 2 rings (SSSR count). The lowest BCUT2D eigenvalue weighted by Crippen LogP contribution is -2.18. The Kier molecular flexibility index (Phi) is 4.87. The highest BCUT2D eigenvalue weighted by Crippen LogP contribution is 2.20. The molecule has 100 valence electrons. The van der Waals surface area contributed by atoms with E-state index in [2.05, 4.69) is 43.4 Å². The molecule has 0 aliphatic carbocycles. The van der Waals surface area contributed by atoms with E-state index in [1.165, 1.54) is 11.1 Å². The standard InChI is InChI=1S/C16H17Cl2N/c1-11-3-5-14(6-4-11)12(2)19-10-13-7-15(17)9-16(18)8-13/h3-9,12,19H,10H2,1-2H3. The highest BCUT2D eigenvalue weighted by atomic mass is 35.5. The van der Waals surface area contributed by atoms with Crippen molar-refractivity contribution in [2.24, 2.45) is 0 Å². The third-order valence-electron chi connectivity index (χ3n) is 3.11. The fourth-order valence-corrected chi connectivity index (χ4v) is 2.53. The van der Waals surface area contributed by atoms with Gasteiger partial charge in [0.25, 0.3) is 0 Å². The van der Waals surface area contributed by atoms with Crippen molar-refractivity contribution in [3.63, 3.8) is 0 Å². The molecule has 0 saturated heterocycles. The number of halogens is 2. The summed E-state index contributed by atoms with van der Waals surface area (Å²) in [6.07, 6.45) is 0. The molecule has 3 heteroatoms. The minimum atomic E-state index is 0.290.